The summed E-state index contributed by atoms with van der Waals surface area (Å²) in [4.78, 5) is 24.5. The minimum Gasteiger partial charge on any atom is -0.491 e. The lowest BCUT2D eigenvalue weighted by Gasteiger charge is -2.15. The van der Waals surface area contributed by atoms with Gasteiger partial charge in [-0.25, -0.2) is 4.79 Å². The lowest BCUT2D eigenvalue weighted by atomic mass is 10.2. The Morgan fingerprint density at radius 2 is 1.69 bits per heavy atom. The topological polar surface area (TPSA) is 64.6 Å². The summed E-state index contributed by atoms with van der Waals surface area (Å²) < 4.78 is 10.8. The van der Waals surface area contributed by atoms with E-state index in [4.69, 9.17) is 21.1 Å². The van der Waals surface area contributed by atoms with Crippen molar-refractivity contribution < 1.29 is 19.1 Å². The van der Waals surface area contributed by atoms with Crippen molar-refractivity contribution >= 4 is 29.2 Å². The molecule has 0 heterocycles. The van der Waals surface area contributed by atoms with Crippen LogP contribution in [0.15, 0.2) is 42.5 Å². The van der Waals surface area contributed by atoms with Gasteiger partial charge < -0.3 is 14.8 Å². The van der Waals surface area contributed by atoms with Gasteiger partial charge in [0.1, 0.15) is 5.75 Å². The average molecular weight is 376 g/mol. The summed E-state index contributed by atoms with van der Waals surface area (Å²) in [6.07, 6.45) is -0.904. The van der Waals surface area contributed by atoms with Gasteiger partial charge in [0.2, 0.25) is 0 Å². The fraction of sp³-hybridized carbons (Fsp3) is 0.300. The molecule has 138 valence electrons. The zero-order valence-electron chi connectivity index (χ0n) is 15.2. The van der Waals surface area contributed by atoms with Gasteiger partial charge in [-0.05, 0) is 69.7 Å². The second kappa shape index (κ2) is 8.72. The van der Waals surface area contributed by atoms with Gasteiger partial charge in [-0.1, -0.05) is 17.7 Å². The van der Waals surface area contributed by atoms with E-state index >= 15 is 0 Å². The molecule has 26 heavy (non-hydrogen) atoms. The molecule has 2 aromatic carbocycles. The molecule has 6 heteroatoms. The summed E-state index contributed by atoms with van der Waals surface area (Å²) in [7, 11) is 0. The van der Waals surface area contributed by atoms with Crippen molar-refractivity contribution in [2.45, 2.75) is 39.9 Å². The molecule has 0 aliphatic heterocycles. The second-order valence-corrected chi connectivity index (χ2v) is 6.55. The van der Waals surface area contributed by atoms with Crippen LogP contribution in [0.1, 0.15) is 36.7 Å². The number of rotatable bonds is 6. The zero-order chi connectivity index (χ0) is 19.3. The summed E-state index contributed by atoms with van der Waals surface area (Å²) in [5.41, 5.74) is 1.68. The first-order valence-corrected chi connectivity index (χ1v) is 8.69. The van der Waals surface area contributed by atoms with Gasteiger partial charge in [0, 0.05) is 10.7 Å². The highest BCUT2D eigenvalue weighted by atomic mass is 35.5. The smallest absolute Gasteiger partial charge is 0.338 e. The van der Waals surface area contributed by atoms with E-state index in [9.17, 15) is 9.59 Å². The molecule has 1 N–H and O–H groups in total. The fourth-order valence-electron chi connectivity index (χ4n) is 2.20. The third kappa shape index (κ3) is 5.23. The molecule has 0 saturated carbocycles. The zero-order valence-corrected chi connectivity index (χ0v) is 16.0. The highest BCUT2D eigenvalue weighted by Crippen LogP contribution is 2.23. The first kappa shape index (κ1) is 19.8. The Morgan fingerprint density at radius 1 is 1.04 bits per heavy atom. The van der Waals surface area contributed by atoms with Gasteiger partial charge in [-0.2, -0.15) is 0 Å². The number of nitrogens with one attached hydrogen (secondary N) is 1. The van der Waals surface area contributed by atoms with Crippen LogP contribution in [0.5, 0.6) is 5.75 Å². The largest absolute Gasteiger partial charge is 0.491 e. The summed E-state index contributed by atoms with van der Waals surface area (Å²) in [6, 6.07) is 11.8. The van der Waals surface area contributed by atoms with Crippen LogP contribution in [0, 0.1) is 6.92 Å². The van der Waals surface area contributed by atoms with Gasteiger partial charge in [-0.15, -0.1) is 0 Å². The molecule has 0 radical (unpaired) electrons. The van der Waals surface area contributed by atoms with Crippen LogP contribution in [0.3, 0.4) is 0 Å². The summed E-state index contributed by atoms with van der Waals surface area (Å²) in [5, 5.41) is 3.27. The quantitative estimate of drug-likeness (QED) is 0.748. The summed E-state index contributed by atoms with van der Waals surface area (Å²) in [5.74, 6) is -0.339. The minimum absolute atomic E-state index is 0.0477. The van der Waals surface area contributed by atoms with Crippen LogP contribution in [0.2, 0.25) is 5.02 Å². The first-order valence-electron chi connectivity index (χ1n) is 8.31. The summed E-state index contributed by atoms with van der Waals surface area (Å²) in [6.45, 7) is 7.16. The number of amides is 1. The Morgan fingerprint density at radius 3 is 2.31 bits per heavy atom. The molecule has 0 spiro atoms. The molecule has 0 aliphatic carbocycles. The fourth-order valence-corrected chi connectivity index (χ4v) is 2.38. The van der Waals surface area contributed by atoms with Crippen LogP contribution < -0.4 is 10.1 Å². The minimum atomic E-state index is -0.951. The van der Waals surface area contributed by atoms with Crippen LogP contribution in [-0.4, -0.2) is 24.1 Å². The SMILES string of the molecule is Cc1c(Cl)cccc1NC(=O)[C@H](C)OC(=O)c1ccc(OC(C)C)cc1. The van der Waals surface area contributed by atoms with E-state index in [1.165, 1.54) is 6.92 Å². The van der Waals surface area contributed by atoms with E-state index in [0.717, 1.165) is 5.56 Å². The van der Waals surface area contributed by atoms with E-state index in [1.54, 1.807) is 49.4 Å². The van der Waals surface area contributed by atoms with E-state index < -0.39 is 18.0 Å². The maximum absolute atomic E-state index is 12.3. The first-order chi connectivity index (χ1) is 12.3. The van der Waals surface area contributed by atoms with Crippen molar-refractivity contribution in [2.75, 3.05) is 5.32 Å². The molecule has 5 nitrogen and oxygen atoms in total. The monoisotopic (exact) mass is 375 g/mol. The molecule has 0 unspecified atom stereocenters. The molecule has 0 saturated heterocycles. The van der Waals surface area contributed by atoms with Crippen molar-refractivity contribution in [1.29, 1.82) is 0 Å². The molecular weight excluding hydrogens is 354 g/mol. The highest BCUT2D eigenvalue weighted by Gasteiger charge is 2.20. The highest BCUT2D eigenvalue weighted by molar-refractivity contribution is 6.31. The van der Waals surface area contributed by atoms with E-state index in [0.29, 0.717) is 22.0 Å². The predicted octanol–water partition coefficient (Wildman–Crippen LogP) is 4.62. The third-order valence-corrected chi connectivity index (χ3v) is 4.05. The standard InChI is InChI=1S/C20H22ClNO4/c1-12(2)25-16-10-8-15(9-11-16)20(24)26-14(4)19(23)22-18-7-5-6-17(21)13(18)3/h5-12,14H,1-4H3,(H,22,23)/t14-/m0/s1. The number of carbonyl (C=O) groups is 2. The van der Waals surface area contributed by atoms with Gasteiger partial charge in [-0.3, -0.25) is 4.79 Å². The maximum Gasteiger partial charge on any atom is 0.338 e. The third-order valence-electron chi connectivity index (χ3n) is 3.64. The Kier molecular flexibility index (Phi) is 6.64. The van der Waals surface area contributed by atoms with Crippen molar-refractivity contribution in [2.24, 2.45) is 0 Å². The number of hydrogen-bond acceptors (Lipinski definition) is 4. The molecule has 2 rings (SSSR count). The molecule has 0 aliphatic rings. The predicted molar refractivity (Wildman–Crippen MR) is 102 cm³/mol. The number of benzene rings is 2. The van der Waals surface area contributed by atoms with Crippen molar-refractivity contribution in [1.82, 2.24) is 0 Å². The van der Waals surface area contributed by atoms with E-state index in [1.807, 2.05) is 13.8 Å². The number of ether oxygens (including phenoxy) is 2. The molecular formula is C20H22ClNO4. The Balaban J connectivity index is 1.97. The van der Waals surface area contributed by atoms with E-state index in [-0.39, 0.29) is 6.10 Å². The maximum atomic E-state index is 12.3. The van der Waals surface area contributed by atoms with Crippen LogP contribution in [0.25, 0.3) is 0 Å². The molecule has 1 amide bonds. The Labute approximate surface area is 158 Å². The van der Waals surface area contributed by atoms with Gasteiger partial charge in [0.05, 0.1) is 11.7 Å². The van der Waals surface area contributed by atoms with Crippen molar-refractivity contribution in [3.05, 3.63) is 58.6 Å². The lowest BCUT2D eigenvalue weighted by Crippen LogP contribution is -2.30. The Bertz CT molecular complexity index is 787. The number of halogens is 1. The molecule has 0 fully saturated rings. The molecule has 1 atom stereocenters. The molecule has 2 aromatic rings. The number of hydrogen-bond donors (Lipinski definition) is 1. The summed E-state index contributed by atoms with van der Waals surface area (Å²) >= 11 is 6.04. The average Bonchev–Trinajstić information content (AvgIpc) is 2.59. The number of anilines is 1. The van der Waals surface area contributed by atoms with Crippen LogP contribution in [-0.2, 0) is 9.53 Å². The van der Waals surface area contributed by atoms with Gasteiger partial charge in [0.15, 0.2) is 6.10 Å². The van der Waals surface area contributed by atoms with Crippen molar-refractivity contribution in [3.8, 4) is 5.75 Å². The van der Waals surface area contributed by atoms with Crippen LogP contribution >= 0.6 is 11.6 Å². The van der Waals surface area contributed by atoms with Gasteiger partial charge >= 0.3 is 5.97 Å². The second-order valence-electron chi connectivity index (χ2n) is 6.14. The Hall–Kier alpha value is -2.53. The van der Waals surface area contributed by atoms with Crippen LogP contribution in [0.4, 0.5) is 5.69 Å². The lowest BCUT2D eigenvalue weighted by molar-refractivity contribution is -0.123. The number of esters is 1. The van der Waals surface area contributed by atoms with E-state index in [2.05, 4.69) is 5.32 Å². The van der Waals surface area contributed by atoms with Crippen molar-refractivity contribution in [3.63, 3.8) is 0 Å². The molecule has 0 bridgehead atoms. The normalized spacial score (nSPS) is 11.8. The number of carbonyl (C=O) groups excluding carboxylic acids is 2. The van der Waals surface area contributed by atoms with Gasteiger partial charge in [0.25, 0.3) is 5.91 Å². The molecule has 0 aromatic heterocycles.